The molecular formula is C13H13NOS2. The standard InChI is InChI=1S/C13H13NOS2/c15-10(8-13-14-5-6-16-13)12-7-9-3-1-2-4-11(9)17-12/h1-6,10,12,15H,7-8H2. The highest BCUT2D eigenvalue weighted by atomic mass is 32.2. The zero-order chi connectivity index (χ0) is 11.7. The van der Waals surface area contributed by atoms with Gasteiger partial charge < -0.3 is 5.11 Å². The minimum absolute atomic E-state index is 0.274. The number of aromatic nitrogens is 1. The van der Waals surface area contributed by atoms with Gasteiger partial charge in [0.15, 0.2) is 0 Å². The number of rotatable bonds is 3. The van der Waals surface area contributed by atoms with Crippen LogP contribution in [0.25, 0.3) is 0 Å². The van der Waals surface area contributed by atoms with Gasteiger partial charge in [-0.25, -0.2) is 4.98 Å². The lowest BCUT2D eigenvalue weighted by Gasteiger charge is -2.15. The van der Waals surface area contributed by atoms with Gasteiger partial charge >= 0.3 is 0 Å². The van der Waals surface area contributed by atoms with Gasteiger partial charge in [-0.15, -0.1) is 23.1 Å². The van der Waals surface area contributed by atoms with E-state index in [1.807, 2.05) is 5.38 Å². The van der Waals surface area contributed by atoms with Crippen molar-refractivity contribution in [1.29, 1.82) is 0 Å². The van der Waals surface area contributed by atoms with Crippen LogP contribution < -0.4 is 0 Å². The fourth-order valence-electron chi connectivity index (χ4n) is 2.09. The van der Waals surface area contributed by atoms with E-state index < -0.39 is 0 Å². The molecule has 2 aromatic rings. The Balaban J connectivity index is 1.68. The van der Waals surface area contributed by atoms with Gasteiger partial charge in [-0.05, 0) is 18.1 Å². The number of thioether (sulfide) groups is 1. The number of fused-ring (bicyclic) bond motifs is 1. The van der Waals surface area contributed by atoms with Gasteiger partial charge in [0.25, 0.3) is 0 Å². The maximum atomic E-state index is 10.2. The Morgan fingerprint density at radius 2 is 2.29 bits per heavy atom. The molecule has 0 radical (unpaired) electrons. The van der Waals surface area contributed by atoms with Crippen molar-refractivity contribution >= 4 is 23.1 Å². The van der Waals surface area contributed by atoms with Gasteiger partial charge in [0.2, 0.25) is 0 Å². The normalized spacial score (nSPS) is 20.2. The molecule has 2 nitrogen and oxygen atoms in total. The smallest absolute Gasteiger partial charge is 0.0951 e. The zero-order valence-electron chi connectivity index (χ0n) is 9.24. The van der Waals surface area contributed by atoms with E-state index in [9.17, 15) is 5.11 Å². The third-order valence-corrected chi connectivity index (χ3v) is 5.21. The summed E-state index contributed by atoms with van der Waals surface area (Å²) in [6.07, 6.45) is 3.12. The molecule has 2 atom stereocenters. The summed E-state index contributed by atoms with van der Waals surface area (Å²) in [6.45, 7) is 0. The fraction of sp³-hybridized carbons (Fsp3) is 0.308. The van der Waals surface area contributed by atoms with Crippen LogP contribution in [0.2, 0.25) is 0 Å². The van der Waals surface area contributed by atoms with Gasteiger partial charge in [-0.2, -0.15) is 0 Å². The van der Waals surface area contributed by atoms with Crippen LogP contribution >= 0.6 is 23.1 Å². The first-order valence-electron chi connectivity index (χ1n) is 5.64. The summed E-state index contributed by atoms with van der Waals surface area (Å²) < 4.78 is 0. The summed E-state index contributed by atoms with van der Waals surface area (Å²) in [6, 6.07) is 8.41. The van der Waals surface area contributed by atoms with Crippen molar-refractivity contribution in [2.45, 2.75) is 29.1 Å². The first-order chi connectivity index (χ1) is 8.33. The highest BCUT2D eigenvalue weighted by Crippen LogP contribution is 2.38. The van der Waals surface area contributed by atoms with Crippen LogP contribution in [0, 0.1) is 0 Å². The number of hydrogen-bond acceptors (Lipinski definition) is 4. The molecule has 88 valence electrons. The molecule has 0 saturated heterocycles. The predicted molar refractivity (Wildman–Crippen MR) is 71.6 cm³/mol. The number of benzene rings is 1. The molecule has 0 spiro atoms. The number of nitrogens with zero attached hydrogens (tertiary/aromatic N) is 1. The molecule has 0 aliphatic carbocycles. The fourth-order valence-corrected chi connectivity index (χ4v) is 4.06. The number of thiazole rings is 1. The van der Waals surface area contributed by atoms with E-state index in [1.54, 1.807) is 29.3 Å². The van der Waals surface area contributed by atoms with Crippen molar-refractivity contribution in [3.05, 3.63) is 46.4 Å². The Morgan fingerprint density at radius 1 is 1.41 bits per heavy atom. The van der Waals surface area contributed by atoms with Crippen LogP contribution in [0.3, 0.4) is 0 Å². The summed E-state index contributed by atoms with van der Waals surface area (Å²) in [4.78, 5) is 5.54. The van der Waals surface area contributed by atoms with Crippen LogP contribution in [0.1, 0.15) is 10.6 Å². The molecule has 0 fully saturated rings. The molecule has 0 bridgehead atoms. The van der Waals surface area contributed by atoms with Crippen molar-refractivity contribution < 1.29 is 5.11 Å². The first kappa shape index (κ1) is 11.3. The first-order valence-corrected chi connectivity index (χ1v) is 7.40. The lowest BCUT2D eigenvalue weighted by atomic mass is 10.1. The SMILES string of the molecule is OC(Cc1nccs1)C1Cc2ccccc2S1. The maximum absolute atomic E-state index is 10.2. The Bertz CT molecular complexity index is 473. The van der Waals surface area contributed by atoms with Crippen LogP contribution in [0.4, 0.5) is 0 Å². The number of hydrogen-bond donors (Lipinski definition) is 1. The largest absolute Gasteiger partial charge is 0.392 e. The lowest BCUT2D eigenvalue weighted by molar-refractivity contribution is 0.172. The monoisotopic (exact) mass is 263 g/mol. The van der Waals surface area contributed by atoms with E-state index in [4.69, 9.17) is 0 Å². The Hall–Kier alpha value is -0.840. The van der Waals surface area contributed by atoms with E-state index in [1.165, 1.54) is 10.5 Å². The van der Waals surface area contributed by atoms with Crippen LogP contribution in [-0.2, 0) is 12.8 Å². The van der Waals surface area contributed by atoms with Gasteiger partial charge in [-0.3, -0.25) is 0 Å². The summed E-state index contributed by atoms with van der Waals surface area (Å²) in [5.74, 6) is 0. The zero-order valence-corrected chi connectivity index (χ0v) is 10.9. The van der Waals surface area contributed by atoms with E-state index in [0.29, 0.717) is 6.42 Å². The number of aliphatic hydroxyl groups is 1. The molecule has 4 heteroatoms. The van der Waals surface area contributed by atoms with Gasteiger partial charge in [0.05, 0.1) is 11.1 Å². The summed E-state index contributed by atoms with van der Waals surface area (Å²) >= 11 is 3.41. The molecule has 1 aromatic carbocycles. The van der Waals surface area contributed by atoms with Crippen molar-refractivity contribution in [2.24, 2.45) is 0 Å². The molecule has 3 rings (SSSR count). The molecule has 1 aliphatic heterocycles. The third-order valence-electron chi connectivity index (χ3n) is 2.97. The lowest BCUT2D eigenvalue weighted by Crippen LogP contribution is -2.24. The molecule has 2 unspecified atom stereocenters. The van der Waals surface area contributed by atoms with E-state index >= 15 is 0 Å². The van der Waals surface area contributed by atoms with E-state index in [2.05, 4.69) is 29.2 Å². The van der Waals surface area contributed by atoms with Crippen LogP contribution in [-0.4, -0.2) is 21.4 Å². The molecule has 0 saturated carbocycles. The molecule has 1 aromatic heterocycles. The molecular weight excluding hydrogens is 250 g/mol. The van der Waals surface area contributed by atoms with Gasteiger partial charge in [0.1, 0.15) is 0 Å². The second-order valence-corrected chi connectivity index (χ2v) is 6.43. The van der Waals surface area contributed by atoms with Gasteiger partial charge in [0, 0.05) is 28.1 Å². The number of aliphatic hydroxyl groups excluding tert-OH is 1. The summed E-state index contributed by atoms with van der Waals surface area (Å²) in [7, 11) is 0. The van der Waals surface area contributed by atoms with Crippen molar-refractivity contribution in [3.8, 4) is 0 Å². The summed E-state index contributed by atoms with van der Waals surface area (Å²) in [5, 5.41) is 13.5. The second kappa shape index (κ2) is 4.80. The molecule has 1 aliphatic rings. The average molecular weight is 263 g/mol. The molecule has 17 heavy (non-hydrogen) atoms. The Morgan fingerprint density at radius 3 is 3.06 bits per heavy atom. The van der Waals surface area contributed by atoms with Crippen molar-refractivity contribution in [2.75, 3.05) is 0 Å². The topological polar surface area (TPSA) is 33.1 Å². The highest BCUT2D eigenvalue weighted by Gasteiger charge is 2.28. The van der Waals surface area contributed by atoms with E-state index in [0.717, 1.165) is 11.4 Å². The molecule has 1 N–H and O–H groups in total. The maximum Gasteiger partial charge on any atom is 0.0951 e. The molecule has 0 amide bonds. The third kappa shape index (κ3) is 2.39. The quantitative estimate of drug-likeness (QED) is 0.924. The average Bonchev–Trinajstić information content (AvgIpc) is 2.96. The second-order valence-electron chi connectivity index (χ2n) is 4.17. The van der Waals surface area contributed by atoms with E-state index in [-0.39, 0.29) is 11.4 Å². The van der Waals surface area contributed by atoms with Gasteiger partial charge in [-0.1, -0.05) is 18.2 Å². The van der Waals surface area contributed by atoms with Crippen LogP contribution in [0.5, 0.6) is 0 Å². The Kier molecular flexibility index (Phi) is 3.18. The minimum Gasteiger partial charge on any atom is -0.392 e. The van der Waals surface area contributed by atoms with Crippen LogP contribution in [0.15, 0.2) is 40.7 Å². The predicted octanol–water partition coefficient (Wildman–Crippen LogP) is 2.76. The Labute approximate surface area is 109 Å². The minimum atomic E-state index is -0.307. The van der Waals surface area contributed by atoms with Crippen molar-refractivity contribution in [1.82, 2.24) is 4.98 Å². The summed E-state index contributed by atoms with van der Waals surface area (Å²) in [5.41, 5.74) is 1.36. The van der Waals surface area contributed by atoms with Crippen molar-refractivity contribution in [3.63, 3.8) is 0 Å². The highest BCUT2D eigenvalue weighted by molar-refractivity contribution is 8.00. The molecule has 2 heterocycles.